The van der Waals surface area contributed by atoms with Gasteiger partial charge in [-0.3, -0.25) is 9.78 Å². The summed E-state index contributed by atoms with van der Waals surface area (Å²) in [5.74, 6) is -0.495. The van der Waals surface area contributed by atoms with Crippen LogP contribution in [0.25, 0.3) is 0 Å². The Bertz CT molecular complexity index is 535. The van der Waals surface area contributed by atoms with E-state index in [1.54, 1.807) is 4.90 Å². The minimum atomic E-state index is -0.507. The summed E-state index contributed by atoms with van der Waals surface area (Å²) in [5.41, 5.74) is 0.307. The number of pyridine rings is 1. The Kier molecular flexibility index (Phi) is 4.72. The van der Waals surface area contributed by atoms with E-state index in [-0.39, 0.29) is 24.0 Å². The lowest BCUT2D eigenvalue weighted by atomic mass is 10.2. The van der Waals surface area contributed by atoms with Crippen molar-refractivity contribution >= 4 is 17.6 Å². The zero-order valence-electron chi connectivity index (χ0n) is 12.1. The van der Waals surface area contributed by atoms with Gasteiger partial charge < -0.3 is 15.5 Å². The van der Waals surface area contributed by atoms with Gasteiger partial charge in [0.25, 0.3) is 0 Å². The van der Waals surface area contributed by atoms with Gasteiger partial charge >= 0.3 is 6.03 Å². The van der Waals surface area contributed by atoms with E-state index in [0.717, 1.165) is 12.6 Å². The van der Waals surface area contributed by atoms with Crippen LogP contribution in [-0.2, 0) is 4.79 Å². The molecule has 1 saturated heterocycles. The maximum atomic E-state index is 13.1. The number of nitrogens with one attached hydrogen (secondary N) is 2. The van der Waals surface area contributed by atoms with E-state index in [0.29, 0.717) is 18.7 Å². The Morgan fingerprint density at radius 3 is 2.90 bits per heavy atom. The molecule has 3 amide bonds. The van der Waals surface area contributed by atoms with Crippen molar-refractivity contribution in [1.82, 2.24) is 15.2 Å². The minimum absolute atomic E-state index is 0.0124. The Labute approximate surface area is 122 Å². The Balaban J connectivity index is 2.00. The van der Waals surface area contributed by atoms with Crippen molar-refractivity contribution in [3.05, 3.63) is 24.3 Å². The number of rotatable bonds is 4. The first kappa shape index (κ1) is 15.2. The summed E-state index contributed by atoms with van der Waals surface area (Å²) < 4.78 is 13.1. The van der Waals surface area contributed by atoms with Crippen LogP contribution in [-0.4, -0.2) is 40.5 Å². The number of hydrogen-bond acceptors (Lipinski definition) is 3. The van der Waals surface area contributed by atoms with Gasteiger partial charge in [-0.15, -0.1) is 0 Å². The van der Waals surface area contributed by atoms with Crippen LogP contribution in [0.4, 0.5) is 14.9 Å². The summed E-state index contributed by atoms with van der Waals surface area (Å²) in [6.45, 7) is 4.21. The molecule has 7 heteroatoms. The highest BCUT2D eigenvalue weighted by atomic mass is 19.1. The quantitative estimate of drug-likeness (QED) is 0.888. The summed E-state index contributed by atoms with van der Waals surface area (Å²) in [6.07, 6.45) is 3.67. The molecule has 1 aliphatic heterocycles. The highest BCUT2D eigenvalue weighted by Gasteiger charge is 2.26. The molecule has 1 atom stereocenters. The zero-order chi connectivity index (χ0) is 15.4. The van der Waals surface area contributed by atoms with Crippen LogP contribution in [0, 0.1) is 5.82 Å². The molecule has 0 saturated carbocycles. The van der Waals surface area contributed by atoms with Crippen LogP contribution in [0.1, 0.15) is 26.7 Å². The second-order valence-corrected chi connectivity index (χ2v) is 5.37. The number of urea groups is 1. The smallest absolute Gasteiger partial charge is 0.322 e. The number of nitrogens with zero attached hydrogens (tertiary/aromatic N) is 2. The topological polar surface area (TPSA) is 74.3 Å². The number of amides is 3. The number of halogens is 1. The maximum Gasteiger partial charge on any atom is 0.322 e. The number of hydrogen-bond donors (Lipinski definition) is 2. The number of aromatic nitrogens is 1. The van der Waals surface area contributed by atoms with Gasteiger partial charge in [0.15, 0.2) is 0 Å². The van der Waals surface area contributed by atoms with Crippen LogP contribution in [0.2, 0.25) is 0 Å². The van der Waals surface area contributed by atoms with Crippen LogP contribution < -0.4 is 10.6 Å². The highest BCUT2D eigenvalue weighted by Crippen LogP contribution is 2.13. The van der Waals surface area contributed by atoms with Gasteiger partial charge in [0.2, 0.25) is 5.91 Å². The summed E-state index contributed by atoms with van der Waals surface area (Å²) in [6, 6.07) is 0.805. The van der Waals surface area contributed by atoms with Gasteiger partial charge in [-0.25, -0.2) is 9.18 Å². The molecule has 1 fully saturated rings. The van der Waals surface area contributed by atoms with Crippen LogP contribution >= 0.6 is 0 Å². The van der Waals surface area contributed by atoms with E-state index in [2.05, 4.69) is 15.6 Å². The summed E-state index contributed by atoms with van der Waals surface area (Å²) in [7, 11) is 0. The second-order valence-electron chi connectivity index (χ2n) is 5.37. The van der Waals surface area contributed by atoms with Gasteiger partial charge in [0, 0.05) is 31.1 Å². The van der Waals surface area contributed by atoms with Gasteiger partial charge in [-0.1, -0.05) is 0 Å². The SMILES string of the molecule is CC(C)N(C[C@H]1CCC(=O)N1)C(=O)Nc1cncc(F)c1. The van der Waals surface area contributed by atoms with Crippen LogP contribution in [0.15, 0.2) is 18.5 Å². The lowest BCUT2D eigenvalue weighted by molar-refractivity contribution is -0.119. The largest absolute Gasteiger partial charge is 0.352 e. The molecule has 1 aromatic heterocycles. The molecule has 0 radical (unpaired) electrons. The predicted molar refractivity (Wildman–Crippen MR) is 76.2 cm³/mol. The average Bonchev–Trinajstić information content (AvgIpc) is 2.81. The second kappa shape index (κ2) is 6.51. The fraction of sp³-hybridized carbons (Fsp3) is 0.500. The zero-order valence-corrected chi connectivity index (χ0v) is 12.1. The highest BCUT2D eigenvalue weighted by molar-refractivity contribution is 5.89. The summed E-state index contributed by atoms with van der Waals surface area (Å²) in [4.78, 5) is 28.8. The Hall–Kier alpha value is -2.18. The van der Waals surface area contributed by atoms with Gasteiger partial charge in [0.1, 0.15) is 5.82 Å². The molecule has 2 heterocycles. The molecule has 114 valence electrons. The fourth-order valence-electron chi connectivity index (χ4n) is 2.26. The van der Waals surface area contributed by atoms with Gasteiger partial charge in [0.05, 0.1) is 18.1 Å². The lowest BCUT2D eigenvalue weighted by Gasteiger charge is -2.29. The van der Waals surface area contributed by atoms with Gasteiger partial charge in [-0.2, -0.15) is 0 Å². The molecule has 0 aromatic carbocycles. The molecule has 21 heavy (non-hydrogen) atoms. The minimum Gasteiger partial charge on any atom is -0.352 e. The summed E-state index contributed by atoms with van der Waals surface area (Å²) in [5, 5.41) is 5.46. The number of carbonyl (C=O) groups excluding carboxylic acids is 2. The van der Waals surface area contributed by atoms with E-state index in [4.69, 9.17) is 0 Å². The normalized spacial score (nSPS) is 17.7. The van der Waals surface area contributed by atoms with Crippen molar-refractivity contribution in [2.45, 2.75) is 38.8 Å². The van der Waals surface area contributed by atoms with Crippen molar-refractivity contribution in [3.8, 4) is 0 Å². The Morgan fingerprint density at radius 2 is 2.33 bits per heavy atom. The first-order valence-electron chi connectivity index (χ1n) is 6.93. The third-order valence-corrected chi connectivity index (χ3v) is 3.34. The van der Waals surface area contributed by atoms with Crippen molar-refractivity contribution in [1.29, 1.82) is 0 Å². The van der Waals surface area contributed by atoms with Crippen molar-refractivity contribution < 1.29 is 14.0 Å². The third-order valence-electron chi connectivity index (χ3n) is 3.34. The molecule has 2 rings (SSSR count). The first-order valence-corrected chi connectivity index (χ1v) is 6.93. The maximum absolute atomic E-state index is 13.1. The first-order chi connectivity index (χ1) is 9.95. The molecule has 0 spiro atoms. The van der Waals surface area contributed by atoms with E-state index in [1.165, 1.54) is 12.3 Å². The molecule has 1 aromatic rings. The molecule has 6 nitrogen and oxygen atoms in total. The van der Waals surface area contributed by atoms with E-state index in [1.807, 2.05) is 13.8 Å². The van der Waals surface area contributed by atoms with E-state index < -0.39 is 5.82 Å². The molecule has 2 N–H and O–H groups in total. The van der Waals surface area contributed by atoms with E-state index >= 15 is 0 Å². The molecular weight excluding hydrogens is 275 g/mol. The fourth-order valence-corrected chi connectivity index (χ4v) is 2.26. The Morgan fingerprint density at radius 1 is 1.57 bits per heavy atom. The average molecular weight is 294 g/mol. The molecular formula is C14H19FN4O2. The monoisotopic (exact) mass is 294 g/mol. The summed E-state index contributed by atoms with van der Waals surface area (Å²) >= 11 is 0. The van der Waals surface area contributed by atoms with E-state index in [9.17, 15) is 14.0 Å². The van der Waals surface area contributed by atoms with Gasteiger partial charge in [-0.05, 0) is 20.3 Å². The molecule has 1 aliphatic rings. The van der Waals surface area contributed by atoms with Crippen molar-refractivity contribution in [2.75, 3.05) is 11.9 Å². The number of carbonyl (C=O) groups is 2. The van der Waals surface area contributed by atoms with Crippen LogP contribution in [0.3, 0.4) is 0 Å². The lowest BCUT2D eigenvalue weighted by Crippen LogP contribution is -2.47. The third kappa shape index (κ3) is 4.14. The molecule has 0 unspecified atom stereocenters. The van der Waals surface area contributed by atoms with Crippen LogP contribution in [0.5, 0.6) is 0 Å². The van der Waals surface area contributed by atoms with Crippen molar-refractivity contribution in [3.63, 3.8) is 0 Å². The predicted octanol–water partition coefficient (Wildman–Crippen LogP) is 1.74. The standard InChI is InChI=1S/C14H19FN4O2/c1-9(2)19(8-11-3-4-13(20)17-11)14(21)18-12-5-10(15)6-16-7-12/h5-7,9,11H,3-4,8H2,1-2H3,(H,17,20)(H,18,21)/t11-/m1/s1. The van der Waals surface area contributed by atoms with Crippen molar-refractivity contribution in [2.24, 2.45) is 0 Å². The molecule has 0 aliphatic carbocycles. The number of anilines is 1. The molecule has 0 bridgehead atoms.